The molecule has 0 fully saturated rings. The van der Waals surface area contributed by atoms with Crippen molar-refractivity contribution in [2.75, 3.05) is 0 Å². The van der Waals surface area contributed by atoms with Crippen LogP contribution >= 0.6 is 11.6 Å². The topological polar surface area (TPSA) is 30.2 Å². The Balaban J connectivity index is 2.17. The van der Waals surface area contributed by atoms with Crippen molar-refractivity contribution in [3.8, 4) is 0 Å². The number of aryl methyl sites for hydroxylation is 1. The summed E-state index contributed by atoms with van der Waals surface area (Å²) in [4.78, 5) is 11.9. The number of carbonyl (C=O) groups is 1. The van der Waals surface area contributed by atoms with Crippen LogP contribution in [0.25, 0.3) is 0 Å². The van der Waals surface area contributed by atoms with Gasteiger partial charge in [0.2, 0.25) is 5.22 Å². The molecule has 2 nitrogen and oxygen atoms in total. The average Bonchev–Trinajstić information content (AvgIpc) is 2.64. The SMILES string of the molecule is Cc1cccc(CC(=O)c2ccoc2Cl)c1. The van der Waals surface area contributed by atoms with Crippen molar-refractivity contribution in [1.82, 2.24) is 0 Å². The number of Topliss-reactive ketones (excluding diaryl/α,β-unsaturated/α-hetero) is 1. The number of halogens is 1. The Kier molecular flexibility index (Phi) is 3.11. The van der Waals surface area contributed by atoms with Gasteiger partial charge in [0.25, 0.3) is 0 Å². The highest BCUT2D eigenvalue weighted by molar-refractivity contribution is 6.32. The van der Waals surface area contributed by atoms with Crippen molar-refractivity contribution >= 4 is 17.4 Å². The molecule has 2 aromatic rings. The van der Waals surface area contributed by atoms with E-state index in [1.54, 1.807) is 6.07 Å². The predicted molar refractivity (Wildman–Crippen MR) is 62.9 cm³/mol. The van der Waals surface area contributed by atoms with E-state index >= 15 is 0 Å². The van der Waals surface area contributed by atoms with Crippen LogP contribution in [0, 0.1) is 6.92 Å². The molecule has 0 N–H and O–H groups in total. The maximum absolute atomic E-state index is 11.9. The molecule has 2 rings (SSSR count). The zero-order valence-electron chi connectivity index (χ0n) is 8.87. The Morgan fingerprint density at radius 2 is 2.19 bits per heavy atom. The van der Waals surface area contributed by atoms with Gasteiger partial charge in [-0.05, 0) is 30.2 Å². The van der Waals surface area contributed by atoms with E-state index in [4.69, 9.17) is 16.0 Å². The van der Waals surface area contributed by atoms with Crippen LogP contribution in [-0.4, -0.2) is 5.78 Å². The molecule has 0 aliphatic heterocycles. The van der Waals surface area contributed by atoms with Crippen LogP contribution in [0.15, 0.2) is 41.0 Å². The third-order valence-electron chi connectivity index (χ3n) is 2.37. The van der Waals surface area contributed by atoms with E-state index in [-0.39, 0.29) is 11.0 Å². The second-order valence-corrected chi connectivity index (χ2v) is 4.04. The maximum Gasteiger partial charge on any atom is 0.203 e. The summed E-state index contributed by atoms with van der Waals surface area (Å²) in [7, 11) is 0. The molecule has 82 valence electrons. The van der Waals surface area contributed by atoms with Gasteiger partial charge >= 0.3 is 0 Å². The Labute approximate surface area is 98.8 Å². The molecule has 3 heteroatoms. The van der Waals surface area contributed by atoms with E-state index < -0.39 is 0 Å². The van der Waals surface area contributed by atoms with Crippen LogP contribution in [-0.2, 0) is 6.42 Å². The first-order chi connectivity index (χ1) is 7.66. The quantitative estimate of drug-likeness (QED) is 0.759. The number of ketones is 1. The highest BCUT2D eigenvalue weighted by Gasteiger charge is 2.13. The predicted octanol–water partition coefficient (Wildman–Crippen LogP) is 3.67. The lowest BCUT2D eigenvalue weighted by atomic mass is 10.0. The van der Waals surface area contributed by atoms with Crippen LogP contribution in [0.4, 0.5) is 0 Å². The molecular weight excluding hydrogens is 224 g/mol. The Morgan fingerprint density at radius 1 is 1.38 bits per heavy atom. The van der Waals surface area contributed by atoms with Gasteiger partial charge in [-0.1, -0.05) is 29.8 Å². The monoisotopic (exact) mass is 234 g/mol. The molecule has 0 aliphatic rings. The first kappa shape index (κ1) is 11.0. The molecule has 1 aromatic carbocycles. The maximum atomic E-state index is 11.9. The number of rotatable bonds is 3. The molecule has 0 atom stereocenters. The van der Waals surface area contributed by atoms with Crippen LogP contribution < -0.4 is 0 Å². The zero-order chi connectivity index (χ0) is 11.5. The van der Waals surface area contributed by atoms with E-state index in [1.807, 2.05) is 31.2 Å². The molecule has 0 saturated heterocycles. The fourth-order valence-electron chi connectivity index (χ4n) is 1.60. The summed E-state index contributed by atoms with van der Waals surface area (Å²) in [5.74, 6) is -0.0237. The van der Waals surface area contributed by atoms with Gasteiger partial charge in [0.15, 0.2) is 5.78 Å². The Hall–Kier alpha value is -1.54. The van der Waals surface area contributed by atoms with Crippen molar-refractivity contribution in [3.63, 3.8) is 0 Å². The number of carbonyl (C=O) groups excluding carboxylic acids is 1. The van der Waals surface area contributed by atoms with Crippen molar-refractivity contribution < 1.29 is 9.21 Å². The zero-order valence-corrected chi connectivity index (χ0v) is 9.62. The van der Waals surface area contributed by atoms with Crippen LogP contribution in [0.5, 0.6) is 0 Å². The number of hydrogen-bond donors (Lipinski definition) is 0. The lowest BCUT2D eigenvalue weighted by Crippen LogP contribution is -2.02. The van der Waals surface area contributed by atoms with Gasteiger partial charge in [0.1, 0.15) is 0 Å². The molecule has 0 saturated carbocycles. The summed E-state index contributed by atoms with van der Waals surface area (Å²) in [6, 6.07) is 9.46. The first-order valence-corrected chi connectivity index (χ1v) is 5.36. The van der Waals surface area contributed by atoms with Crippen LogP contribution in [0.1, 0.15) is 21.5 Å². The van der Waals surface area contributed by atoms with E-state index in [0.29, 0.717) is 12.0 Å². The second-order valence-electron chi connectivity index (χ2n) is 3.70. The van der Waals surface area contributed by atoms with Gasteiger partial charge in [0, 0.05) is 6.42 Å². The molecular formula is C13H11ClO2. The standard InChI is InChI=1S/C13H11ClO2/c1-9-3-2-4-10(7-9)8-12(15)11-5-6-16-13(11)14/h2-7H,8H2,1H3. The third kappa shape index (κ3) is 2.34. The number of hydrogen-bond acceptors (Lipinski definition) is 2. The number of benzene rings is 1. The highest BCUT2D eigenvalue weighted by Crippen LogP contribution is 2.19. The van der Waals surface area contributed by atoms with E-state index in [0.717, 1.165) is 11.1 Å². The van der Waals surface area contributed by atoms with Gasteiger partial charge in [0.05, 0.1) is 11.8 Å². The highest BCUT2D eigenvalue weighted by atomic mass is 35.5. The summed E-state index contributed by atoms with van der Waals surface area (Å²) in [5.41, 5.74) is 2.58. The third-order valence-corrected chi connectivity index (χ3v) is 2.66. The molecule has 1 heterocycles. The molecule has 0 unspecified atom stereocenters. The molecule has 0 aliphatic carbocycles. The van der Waals surface area contributed by atoms with E-state index in [2.05, 4.69) is 0 Å². The molecule has 0 spiro atoms. The van der Waals surface area contributed by atoms with Gasteiger partial charge in [-0.3, -0.25) is 4.79 Å². The summed E-state index contributed by atoms with van der Waals surface area (Å²) in [5, 5.41) is 0.164. The largest absolute Gasteiger partial charge is 0.452 e. The van der Waals surface area contributed by atoms with Crippen molar-refractivity contribution in [3.05, 3.63) is 58.5 Å². The summed E-state index contributed by atoms with van der Waals surface area (Å²) >= 11 is 5.74. The van der Waals surface area contributed by atoms with Gasteiger partial charge in [-0.2, -0.15) is 0 Å². The Morgan fingerprint density at radius 3 is 2.81 bits per heavy atom. The van der Waals surface area contributed by atoms with Crippen molar-refractivity contribution in [1.29, 1.82) is 0 Å². The number of furan rings is 1. The fraction of sp³-hybridized carbons (Fsp3) is 0.154. The molecule has 1 aromatic heterocycles. The molecule has 0 amide bonds. The summed E-state index contributed by atoms with van der Waals surface area (Å²) < 4.78 is 4.89. The molecule has 0 radical (unpaired) electrons. The normalized spacial score (nSPS) is 10.4. The van der Waals surface area contributed by atoms with Crippen molar-refractivity contribution in [2.24, 2.45) is 0 Å². The lowest BCUT2D eigenvalue weighted by Gasteiger charge is -2.00. The average molecular weight is 235 g/mol. The van der Waals surface area contributed by atoms with E-state index in [9.17, 15) is 4.79 Å². The minimum Gasteiger partial charge on any atom is -0.452 e. The van der Waals surface area contributed by atoms with Crippen LogP contribution in [0.3, 0.4) is 0 Å². The minimum absolute atomic E-state index is 0.0237. The summed E-state index contributed by atoms with van der Waals surface area (Å²) in [6.07, 6.45) is 1.77. The minimum atomic E-state index is -0.0237. The van der Waals surface area contributed by atoms with Gasteiger partial charge in [-0.25, -0.2) is 0 Å². The van der Waals surface area contributed by atoms with Gasteiger partial charge in [-0.15, -0.1) is 0 Å². The fourth-order valence-corrected chi connectivity index (χ4v) is 1.82. The first-order valence-electron chi connectivity index (χ1n) is 4.98. The molecule has 0 bridgehead atoms. The van der Waals surface area contributed by atoms with Gasteiger partial charge < -0.3 is 4.42 Å². The van der Waals surface area contributed by atoms with E-state index in [1.165, 1.54) is 6.26 Å². The second kappa shape index (κ2) is 4.54. The van der Waals surface area contributed by atoms with Crippen LogP contribution in [0.2, 0.25) is 5.22 Å². The molecule has 16 heavy (non-hydrogen) atoms. The Bertz CT molecular complexity index is 514. The lowest BCUT2D eigenvalue weighted by molar-refractivity contribution is 0.0992. The summed E-state index contributed by atoms with van der Waals surface area (Å²) in [6.45, 7) is 2.00. The smallest absolute Gasteiger partial charge is 0.203 e. The van der Waals surface area contributed by atoms with Crippen molar-refractivity contribution in [2.45, 2.75) is 13.3 Å².